The lowest BCUT2D eigenvalue weighted by Gasteiger charge is -2.12. The molecular weight excluding hydrogens is 264 g/mol. The number of sulfonamides is 1. The molecule has 6 nitrogen and oxygen atoms in total. The van der Waals surface area contributed by atoms with Gasteiger partial charge in [0.05, 0.1) is 10.8 Å². The zero-order chi connectivity index (χ0) is 12.5. The summed E-state index contributed by atoms with van der Waals surface area (Å²) in [6.45, 7) is 0.939. The van der Waals surface area contributed by atoms with Crippen LogP contribution in [0.25, 0.3) is 0 Å². The molecule has 1 saturated heterocycles. The highest BCUT2D eigenvalue weighted by atomic mass is 32.2. The monoisotopic (exact) mass is 276 g/mol. The molecular formula is C9H12N2O4S2. The highest BCUT2D eigenvalue weighted by Crippen LogP contribution is 2.16. The molecule has 8 heteroatoms. The molecule has 0 bridgehead atoms. The van der Waals surface area contributed by atoms with Gasteiger partial charge in [0.15, 0.2) is 5.69 Å². The van der Waals surface area contributed by atoms with Crippen LogP contribution < -0.4 is 0 Å². The van der Waals surface area contributed by atoms with E-state index in [1.54, 1.807) is 0 Å². The average molecular weight is 276 g/mol. The van der Waals surface area contributed by atoms with Gasteiger partial charge in [0.2, 0.25) is 10.0 Å². The van der Waals surface area contributed by atoms with Gasteiger partial charge < -0.3 is 5.11 Å². The van der Waals surface area contributed by atoms with Crippen LogP contribution in [0.3, 0.4) is 0 Å². The Morgan fingerprint density at radius 3 is 2.88 bits per heavy atom. The summed E-state index contributed by atoms with van der Waals surface area (Å²) in [5.74, 6) is -0.841. The van der Waals surface area contributed by atoms with Crippen molar-refractivity contribution in [2.75, 3.05) is 18.8 Å². The normalized spacial score (nSPS) is 19.5. The van der Waals surface area contributed by atoms with E-state index < -0.39 is 16.0 Å². The van der Waals surface area contributed by atoms with E-state index in [2.05, 4.69) is 4.98 Å². The maximum Gasteiger partial charge on any atom is 0.355 e. The van der Waals surface area contributed by atoms with Crippen molar-refractivity contribution in [3.05, 3.63) is 16.1 Å². The van der Waals surface area contributed by atoms with E-state index in [4.69, 9.17) is 5.11 Å². The van der Waals surface area contributed by atoms with Crippen molar-refractivity contribution in [3.8, 4) is 0 Å². The highest BCUT2D eigenvalue weighted by Gasteiger charge is 2.27. The van der Waals surface area contributed by atoms with E-state index in [0.717, 1.165) is 0 Å². The molecule has 17 heavy (non-hydrogen) atoms. The summed E-state index contributed by atoms with van der Waals surface area (Å²) in [7, 11) is -3.07. The SMILES string of the molecule is O=C(O)c1csc(CCN2CCCS2(=O)=O)n1. The minimum atomic E-state index is -3.07. The fourth-order valence-electron chi connectivity index (χ4n) is 1.69. The van der Waals surface area contributed by atoms with Gasteiger partial charge in [-0.15, -0.1) is 11.3 Å². The first-order chi connectivity index (χ1) is 7.99. The lowest BCUT2D eigenvalue weighted by molar-refractivity contribution is 0.0691. The van der Waals surface area contributed by atoms with Crippen LogP contribution in [0.15, 0.2) is 5.38 Å². The highest BCUT2D eigenvalue weighted by molar-refractivity contribution is 7.89. The molecule has 0 radical (unpaired) electrons. The molecule has 2 heterocycles. The van der Waals surface area contributed by atoms with E-state index in [1.165, 1.54) is 21.0 Å². The molecule has 1 aromatic rings. The standard InChI is InChI=1S/C9H12N2O4S2/c12-9(13)7-6-16-8(10-7)2-4-11-3-1-5-17(11,14)15/h6H,1-5H2,(H,12,13). The third kappa shape index (κ3) is 2.82. The number of hydrogen-bond acceptors (Lipinski definition) is 5. The molecule has 0 spiro atoms. The number of thiazole rings is 1. The summed E-state index contributed by atoms with van der Waals surface area (Å²) < 4.78 is 24.5. The largest absolute Gasteiger partial charge is 0.476 e. The van der Waals surface area contributed by atoms with Crippen LogP contribution >= 0.6 is 11.3 Å². The Balaban J connectivity index is 1.96. The summed E-state index contributed by atoms with van der Waals surface area (Å²) in [5, 5.41) is 10.8. The summed E-state index contributed by atoms with van der Waals surface area (Å²) >= 11 is 1.25. The first-order valence-corrected chi connectivity index (χ1v) is 7.63. The number of aromatic carboxylic acids is 1. The van der Waals surface area contributed by atoms with Crippen molar-refractivity contribution >= 4 is 27.3 Å². The van der Waals surface area contributed by atoms with Gasteiger partial charge in [0.1, 0.15) is 0 Å². The van der Waals surface area contributed by atoms with Crippen molar-refractivity contribution in [2.24, 2.45) is 0 Å². The maximum absolute atomic E-state index is 11.5. The molecule has 0 aromatic carbocycles. The number of aromatic nitrogens is 1. The molecule has 1 fully saturated rings. The molecule has 0 saturated carbocycles. The molecule has 1 N–H and O–H groups in total. The zero-order valence-corrected chi connectivity index (χ0v) is 10.6. The van der Waals surface area contributed by atoms with Gasteiger partial charge in [0.25, 0.3) is 0 Å². The van der Waals surface area contributed by atoms with E-state index >= 15 is 0 Å². The molecule has 94 valence electrons. The molecule has 1 aromatic heterocycles. The molecule has 1 aliphatic heterocycles. The van der Waals surface area contributed by atoms with Crippen molar-refractivity contribution in [2.45, 2.75) is 12.8 Å². The van der Waals surface area contributed by atoms with E-state index in [-0.39, 0.29) is 11.4 Å². The number of carboxylic acid groups (broad SMARTS) is 1. The average Bonchev–Trinajstić information content (AvgIpc) is 2.81. The molecule has 0 unspecified atom stereocenters. The molecule has 1 aliphatic rings. The number of carbonyl (C=O) groups is 1. The van der Waals surface area contributed by atoms with Gasteiger partial charge >= 0.3 is 5.97 Å². The fraction of sp³-hybridized carbons (Fsp3) is 0.556. The van der Waals surface area contributed by atoms with Crippen molar-refractivity contribution in [3.63, 3.8) is 0 Å². The van der Waals surface area contributed by atoms with Crippen LogP contribution in [0.4, 0.5) is 0 Å². The van der Waals surface area contributed by atoms with Crippen LogP contribution in [0.2, 0.25) is 0 Å². The maximum atomic E-state index is 11.5. The second kappa shape index (κ2) is 4.71. The number of nitrogens with zero attached hydrogens (tertiary/aromatic N) is 2. The van der Waals surface area contributed by atoms with Crippen molar-refractivity contribution < 1.29 is 18.3 Å². The second-order valence-corrected chi connectivity index (χ2v) is 6.78. The Morgan fingerprint density at radius 1 is 1.59 bits per heavy atom. The second-order valence-electron chi connectivity index (χ2n) is 3.75. The summed E-state index contributed by atoms with van der Waals surface area (Å²) in [4.78, 5) is 14.5. The molecule has 0 atom stereocenters. The third-order valence-corrected chi connectivity index (χ3v) is 5.41. The Kier molecular flexibility index (Phi) is 3.45. The van der Waals surface area contributed by atoms with Gasteiger partial charge in [-0.05, 0) is 6.42 Å². The number of rotatable bonds is 4. The lowest BCUT2D eigenvalue weighted by Crippen LogP contribution is -2.27. The van der Waals surface area contributed by atoms with Gasteiger partial charge in [-0.25, -0.2) is 22.5 Å². The summed E-state index contributed by atoms with van der Waals surface area (Å²) in [5.41, 5.74) is 0.0225. The van der Waals surface area contributed by atoms with Gasteiger partial charge in [-0.3, -0.25) is 0 Å². The third-order valence-electron chi connectivity index (χ3n) is 2.55. The molecule has 0 aliphatic carbocycles. The summed E-state index contributed by atoms with van der Waals surface area (Å²) in [6.07, 6.45) is 1.14. The Hall–Kier alpha value is -0.990. The quantitative estimate of drug-likeness (QED) is 0.861. The Morgan fingerprint density at radius 2 is 2.35 bits per heavy atom. The van der Waals surface area contributed by atoms with Crippen molar-refractivity contribution in [1.82, 2.24) is 9.29 Å². The van der Waals surface area contributed by atoms with E-state index in [1.807, 2.05) is 0 Å². The zero-order valence-electron chi connectivity index (χ0n) is 9.00. The first kappa shape index (κ1) is 12.5. The van der Waals surface area contributed by atoms with Crippen LogP contribution in [0, 0.1) is 0 Å². The molecule has 0 amide bonds. The van der Waals surface area contributed by atoms with Crippen LogP contribution in [0.1, 0.15) is 21.9 Å². The predicted molar refractivity (Wildman–Crippen MR) is 62.8 cm³/mol. The van der Waals surface area contributed by atoms with Crippen molar-refractivity contribution in [1.29, 1.82) is 0 Å². The van der Waals surface area contributed by atoms with E-state index in [0.29, 0.717) is 30.9 Å². The first-order valence-electron chi connectivity index (χ1n) is 5.14. The molecule has 2 rings (SSSR count). The minimum Gasteiger partial charge on any atom is -0.476 e. The van der Waals surface area contributed by atoms with Gasteiger partial charge in [0, 0.05) is 24.9 Å². The smallest absolute Gasteiger partial charge is 0.355 e. The van der Waals surface area contributed by atoms with Gasteiger partial charge in [-0.2, -0.15) is 0 Å². The Bertz CT molecular complexity index is 523. The summed E-state index contributed by atoms with van der Waals surface area (Å²) in [6, 6.07) is 0. The minimum absolute atomic E-state index is 0.0225. The number of hydrogen-bond donors (Lipinski definition) is 1. The topological polar surface area (TPSA) is 87.6 Å². The van der Waals surface area contributed by atoms with Crippen LogP contribution in [-0.2, 0) is 16.4 Å². The lowest BCUT2D eigenvalue weighted by atomic mass is 10.4. The fourth-order valence-corrected chi connectivity index (χ4v) is 3.98. The van der Waals surface area contributed by atoms with Crippen LogP contribution in [0.5, 0.6) is 0 Å². The Labute approximate surface area is 103 Å². The van der Waals surface area contributed by atoms with Gasteiger partial charge in [-0.1, -0.05) is 0 Å². The van der Waals surface area contributed by atoms with E-state index in [9.17, 15) is 13.2 Å². The predicted octanol–water partition coefficient (Wildman–Crippen LogP) is 0.419. The van der Waals surface area contributed by atoms with Crippen LogP contribution in [-0.4, -0.2) is 47.6 Å². The number of carboxylic acids is 1.